The fourth-order valence-electron chi connectivity index (χ4n) is 5.79. The number of nitrogen functional groups attached to an aromatic ring is 1. The van der Waals surface area contributed by atoms with Gasteiger partial charge in [0.1, 0.15) is 11.5 Å². The lowest BCUT2D eigenvalue weighted by atomic mass is 9.88. The number of unbranched alkanes of at least 4 members (excludes halogenated alkanes) is 2. The van der Waals surface area contributed by atoms with E-state index in [1.807, 2.05) is 0 Å². The molecule has 0 saturated carbocycles. The number of nitrogens with zero attached hydrogens (tertiary/aromatic N) is 2. The number of hydrogen-bond acceptors (Lipinski definition) is 8. The molecule has 4 heterocycles. The van der Waals surface area contributed by atoms with Crippen molar-refractivity contribution in [2.75, 3.05) is 52.7 Å². The first kappa shape index (κ1) is 28.5. The molecule has 2 bridgehead atoms. The summed E-state index contributed by atoms with van der Waals surface area (Å²) in [5.74, 6) is 1.33. The Morgan fingerprint density at radius 3 is 2.55 bits per heavy atom. The van der Waals surface area contributed by atoms with Crippen molar-refractivity contribution in [1.29, 1.82) is 0 Å². The van der Waals surface area contributed by atoms with E-state index in [9.17, 15) is 9.59 Å². The second-order valence-corrected chi connectivity index (χ2v) is 10.9. The number of nitrogens with two attached hydrogens (primary N) is 1. The van der Waals surface area contributed by atoms with Crippen molar-refractivity contribution < 1.29 is 23.8 Å². The van der Waals surface area contributed by atoms with Crippen molar-refractivity contribution in [2.45, 2.75) is 64.0 Å². The van der Waals surface area contributed by atoms with Crippen LogP contribution in [0, 0.1) is 5.92 Å². The molecule has 210 valence electrons. The SMILES string of the molecule is COc1cc(N)c(Cl)cc1C(=O)N[C@@H]1CCN(CCCCCC(=O)OC2=C(C)N3CCC2CC3)C[C@@H]1OC. The van der Waals surface area contributed by atoms with Crippen LogP contribution < -0.4 is 15.8 Å². The van der Waals surface area contributed by atoms with Crippen molar-refractivity contribution in [3.05, 3.63) is 34.2 Å². The van der Waals surface area contributed by atoms with Crippen LogP contribution in [0.5, 0.6) is 5.75 Å². The Morgan fingerprint density at radius 1 is 1.11 bits per heavy atom. The zero-order valence-corrected chi connectivity index (χ0v) is 23.5. The van der Waals surface area contributed by atoms with E-state index in [1.54, 1.807) is 13.2 Å². The molecule has 1 amide bonds. The average Bonchev–Trinajstić information content (AvgIpc) is 2.92. The summed E-state index contributed by atoms with van der Waals surface area (Å²) in [4.78, 5) is 30.1. The van der Waals surface area contributed by atoms with Gasteiger partial charge in [-0.05, 0) is 51.6 Å². The number of likely N-dealkylation sites (tertiary alicyclic amines) is 1. The average molecular weight is 549 g/mol. The Kier molecular flexibility index (Phi) is 9.79. The maximum atomic E-state index is 13.0. The first-order valence-corrected chi connectivity index (χ1v) is 14.0. The number of amides is 1. The minimum absolute atomic E-state index is 0.108. The van der Waals surface area contributed by atoms with E-state index in [-0.39, 0.29) is 24.0 Å². The van der Waals surface area contributed by atoms with Crippen LogP contribution in [0.1, 0.15) is 62.2 Å². The van der Waals surface area contributed by atoms with E-state index in [0.29, 0.717) is 34.4 Å². The van der Waals surface area contributed by atoms with Crippen LogP contribution in [-0.2, 0) is 14.3 Å². The number of nitrogens with one attached hydrogen (secondary N) is 1. The fraction of sp³-hybridized carbons (Fsp3) is 0.643. The molecule has 0 aliphatic carbocycles. The highest BCUT2D eigenvalue weighted by Gasteiger charge is 2.34. The van der Waals surface area contributed by atoms with Crippen LogP contribution in [0.3, 0.4) is 0 Å². The number of allylic oxidation sites excluding steroid dienone is 2. The zero-order chi connectivity index (χ0) is 27.2. The molecule has 1 aromatic rings. The Morgan fingerprint density at radius 2 is 1.87 bits per heavy atom. The number of esters is 1. The number of methoxy groups -OCH3 is 2. The number of carbonyl (C=O) groups excluding carboxylic acids is 2. The predicted octanol–water partition coefficient (Wildman–Crippen LogP) is 3.81. The minimum Gasteiger partial charge on any atom is -0.496 e. The van der Waals surface area contributed by atoms with Gasteiger partial charge in [0.05, 0.1) is 35.5 Å². The van der Waals surface area contributed by atoms with Crippen molar-refractivity contribution in [3.63, 3.8) is 0 Å². The van der Waals surface area contributed by atoms with E-state index >= 15 is 0 Å². The third kappa shape index (κ3) is 6.74. The largest absolute Gasteiger partial charge is 0.496 e. The van der Waals surface area contributed by atoms with E-state index < -0.39 is 0 Å². The number of halogens is 1. The van der Waals surface area contributed by atoms with E-state index in [1.165, 1.54) is 13.2 Å². The summed E-state index contributed by atoms with van der Waals surface area (Å²) in [5, 5.41) is 3.40. The second-order valence-electron chi connectivity index (χ2n) is 10.5. The van der Waals surface area contributed by atoms with Gasteiger partial charge < -0.3 is 35.1 Å². The molecule has 38 heavy (non-hydrogen) atoms. The molecular formula is C28H41ClN4O5. The fourth-order valence-corrected chi connectivity index (χ4v) is 5.95. The molecule has 4 aliphatic heterocycles. The number of anilines is 1. The summed E-state index contributed by atoms with van der Waals surface area (Å²) in [6.45, 7) is 6.75. The standard InChI is InChI=1S/C28H41ClN4O5/c1-18-27(19-8-13-33(18)14-9-19)38-26(34)7-5-4-6-11-32-12-10-23(25(17-32)37-3)31-28(35)20-15-21(29)22(30)16-24(20)36-2/h15-16,19,23,25H,4-14,17,30H2,1-3H3,(H,31,35)/t23-,25+/m1/s1. The van der Waals surface area contributed by atoms with Gasteiger partial charge in [-0.25, -0.2) is 0 Å². The molecule has 9 nitrogen and oxygen atoms in total. The lowest BCUT2D eigenvalue weighted by molar-refractivity contribution is -0.141. The van der Waals surface area contributed by atoms with Crippen LogP contribution in [0.25, 0.3) is 0 Å². The van der Waals surface area contributed by atoms with Gasteiger partial charge in [0.15, 0.2) is 0 Å². The summed E-state index contributed by atoms with van der Waals surface area (Å²) in [7, 11) is 3.17. The zero-order valence-electron chi connectivity index (χ0n) is 22.8. The molecule has 1 aromatic carbocycles. The van der Waals surface area contributed by atoms with Gasteiger partial charge in [0.2, 0.25) is 0 Å². The Balaban J connectivity index is 1.17. The molecule has 10 heteroatoms. The number of ether oxygens (including phenoxy) is 3. The van der Waals surface area contributed by atoms with Crippen LogP contribution in [0.4, 0.5) is 5.69 Å². The van der Waals surface area contributed by atoms with Crippen LogP contribution >= 0.6 is 11.6 Å². The van der Waals surface area contributed by atoms with Gasteiger partial charge in [-0.1, -0.05) is 18.0 Å². The Hall–Kier alpha value is -2.49. The summed E-state index contributed by atoms with van der Waals surface area (Å²) in [6, 6.07) is 2.97. The topological polar surface area (TPSA) is 106 Å². The van der Waals surface area contributed by atoms with Gasteiger partial charge in [-0.15, -0.1) is 0 Å². The van der Waals surface area contributed by atoms with Crippen molar-refractivity contribution in [2.24, 2.45) is 5.92 Å². The third-order valence-corrected chi connectivity index (χ3v) is 8.43. The van der Waals surface area contributed by atoms with E-state index in [4.69, 9.17) is 31.5 Å². The number of benzene rings is 1. The first-order chi connectivity index (χ1) is 18.3. The van der Waals surface area contributed by atoms with Gasteiger partial charge in [-0.2, -0.15) is 0 Å². The quantitative estimate of drug-likeness (QED) is 0.244. The summed E-state index contributed by atoms with van der Waals surface area (Å²) < 4.78 is 16.8. The normalized spacial score (nSPS) is 22.1. The molecule has 2 atom stereocenters. The molecular weight excluding hydrogens is 508 g/mol. The minimum atomic E-state index is -0.264. The lowest BCUT2D eigenvalue weighted by Crippen LogP contribution is -2.54. The Bertz CT molecular complexity index is 1040. The maximum Gasteiger partial charge on any atom is 0.310 e. The highest BCUT2D eigenvalue weighted by Crippen LogP contribution is 2.36. The predicted molar refractivity (Wildman–Crippen MR) is 147 cm³/mol. The lowest BCUT2D eigenvalue weighted by Gasteiger charge is -2.41. The molecule has 0 radical (unpaired) electrons. The number of rotatable bonds is 11. The number of piperidine rings is 2. The van der Waals surface area contributed by atoms with Gasteiger partial charge >= 0.3 is 5.97 Å². The molecule has 0 unspecified atom stereocenters. The molecule has 3 N–H and O–H groups in total. The maximum absolute atomic E-state index is 13.0. The number of hydrogen-bond donors (Lipinski definition) is 2. The molecule has 2 saturated heterocycles. The molecule has 0 aromatic heterocycles. The summed E-state index contributed by atoms with van der Waals surface area (Å²) >= 11 is 6.13. The Labute approximate surface area is 230 Å². The van der Waals surface area contributed by atoms with Crippen molar-refractivity contribution in [3.8, 4) is 5.75 Å². The third-order valence-electron chi connectivity index (χ3n) is 8.10. The molecule has 5 rings (SSSR count). The van der Waals surface area contributed by atoms with E-state index in [2.05, 4.69) is 22.0 Å². The van der Waals surface area contributed by atoms with Crippen LogP contribution in [0.2, 0.25) is 5.02 Å². The van der Waals surface area contributed by atoms with Gasteiger partial charge in [-0.3, -0.25) is 9.59 Å². The van der Waals surface area contributed by atoms with Crippen LogP contribution in [-0.4, -0.2) is 80.8 Å². The van der Waals surface area contributed by atoms with E-state index in [0.717, 1.165) is 82.7 Å². The highest BCUT2D eigenvalue weighted by atomic mass is 35.5. The van der Waals surface area contributed by atoms with Gasteiger partial charge in [0.25, 0.3) is 5.91 Å². The second kappa shape index (κ2) is 13.0. The summed E-state index contributed by atoms with van der Waals surface area (Å²) in [6.07, 6.45) is 6.07. The smallest absolute Gasteiger partial charge is 0.310 e. The molecule has 4 aliphatic rings. The number of carbonyl (C=O) groups is 2. The first-order valence-electron chi connectivity index (χ1n) is 13.7. The van der Waals surface area contributed by atoms with Crippen LogP contribution in [0.15, 0.2) is 23.6 Å². The van der Waals surface area contributed by atoms with Crippen molar-refractivity contribution >= 4 is 29.2 Å². The van der Waals surface area contributed by atoms with Crippen molar-refractivity contribution in [1.82, 2.24) is 15.1 Å². The summed E-state index contributed by atoms with van der Waals surface area (Å²) in [5.41, 5.74) is 7.70. The monoisotopic (exact) mass is 548 g/mol. The number of fused-ring (bicyclic) bond motifs is 2. The molecule has 0 spiro atoms. The molecule has 2 fully saturated rings. The van der Waals surface area contributed by atoms with Gasteiger partial charge in [0, 0.05) is 57.4 Å². The highest BCUT2D eigenvalue weighted by molar-refractivity contribution is 6.33.